The smallest absolute Gasteiger partial charge is 0.127 e. The predicted octanol–water partition coefficient (Wildman–Crippen LogP) is 3.34. The van der Waals surface area contributed by atoms with Crippen LogP contribution in [0, 0.1) is 0 Å². The summed E-state index contributed by atoms with van der Waals surface area (Å²) in [5.74, 6) is 1.59. The van der Waals surface area contributed by atoms with Gasteiger partial charge in [0.1, 0.15) is 11.5 Å². The van der Waals surface area contributed by atoms with E-state index < -0.39 is 0 Å². The van der Waals surface area contributed by atoms with E-state index in [1.807, 2.05) is 56.3 Å². The lowest BCUT2D eigenvalue weighted by Crippen LogP contribution is -2.34. The van der Waals surface area contributed by atoms with Crippen molar-refractivity contribution < 1.29 is 4.74 Å². The van der Waals surface area contributed by atoms with Crippen LogP contribution < -0.4 is 16.2 Å². The molecule has 19 heavy (non-hydrogen) atoms. The van der Waals surface area contributed by atoms with Gasteiger partial charge in [-0.25, -0.2) is 0 Å². The molecule has 0 heterocycles. The van der Waals surface area contributed by atoms with E-state index in [0.717, 1.165) is 23.6 Å². The van der Waals surface area contributed by atoms with Crippen LogP contribution in [-0.4, -0.2) is 5.54 Å². The van der Waals surface area contributed by atoms with Crippen LogP contribution in [0.4, 0.5) is 5.69 Å². The highest BCUT2D eigenvalue weighted by molar-refractivity contribution is 5.43. The molecule has 3 heteroatoms. The molecule has 4 N–H and O–H groups in total. The first-order valence-corrected chi connectivity index (χ1v) is 6.34. The van der Waals surface area contributed by atoms with Crippen LogP contribution in [0.2, 0.25) is 0 Å². The third kappa shape index (κ3) is 4.30. The molecule has 2 rings (SSSR count). The summed E-state index contributed by atoms with van der Waals surface area (Å²) in [4.78, 5) is 0. The van der Waals surface area contributed by atoms with Crippen molar-refractivity contribution in [2.24, 2.45) is 5.73 Å². The van der Waals surface area contributed by atoms with E-state index in [4.69, 9.17) is 16.2 Å². The third-order valence-corrected chi connectivity index (χ3v) is 2.67. The lowest BCUT2D eigenvalue weighted by Gasteiger charge is -2.18. The maximum Gasteiger partial charge on any atom is 0.127 e. The number of hydrogen-bond acceptors (Lipinski definition) is 3. The molecule has 0 saturated carbocycles. The van der Waals surface area contributed by atoms with Gasteiger partial charge in [0, 0.05) is 11.2 Å². The van der Waals surface area contributed by atoms with Crippen LogP contribution in [0.3, 0.4) is 0 Å². The van der Waals surface area contributed by atoms with E-state index in [2.05, 4.69) is 6.07 Å². The molecule has 0 aliphatic heterocycles. The molecule has 0 bridgehead atoms. The van der Waals surface area contributed by atoms with Crippen LogP contribution in [0.25, 0.3) is 0 Å². The molecule has 0 fully saturated rings. The molecule has 0 atom stereocenters. The highest BCUT2D eigenvalue weighted by atomic mass is 16.5. The Balaban J connectivity index is 2.13. The molecule has 2 aromatic carbocycles. The second-order valence-corrected chi connectivity index (χ2v) is 5.48. The zero-order valence-electron chi connectivity index (χ0n) is 11.4. The number of benzene rings is 2. The monoisotopic (exact) mass is 256 g/mol. The van der Waals surface area contributed by atoms with Crippen molar-refractivity contribution in [2.75, 3.05) is 5.73 Å². The van der Waals surface area contributed by atoms with Gasteiger partial charge in [-0.3, -0.25) is 0 Å². The normalized spacial score (nSPS) is 11.3. The zero-order valence-corrected chi connectivity index (χ0v) is 11.4. The van der Waals surface area contributed by atoms with E-state index in [9.17, 15) is 0 Å². The Labute approximate surface area is 114 Å². The molecular weight excluding hydrogens is 236 g/mol. The topological polar surface area (TPSA) is 61.3 Å². The van der Waals surface area contributed by atoms with E-state index >= 15 is 0 Å². The van der Waals surface area contributed by atoms with Gasteiger partial charge in [0.15, 0.2) is 0 Å². The molecular formula is C16H20N2O. The molecule has 0 aromatic heterocycles. The minimum absolute atomic E-state index is 0.222. The van der Waals surface area contributed by atoms with Crippen molar-refractivity contribution in [2.45, 2.75) is 25.8 Å². The Bertz CT molecular complexity index is 541. The first-order valence-electron chi connectivity index (χ1n) is 6.34. The number of rotatable bonds is 4. The van der Waals surface area contributed by atoms with E-state index in [1.54, 1.807) is 0 Å². The van der Waals surface area contributed by atoms with Gasteiger partial charge in [0.2, 0.25) is 0 Å². The summed E-state index contributed by atoms with van der Waals surface area (Å²) in [5, 5.41) is 0. The van der Waals surface area contributed by atoms with Gasteiger partial charge in [-0.05, 0) is 62.2 Å². The first-order chi connectivity index (χ1) is 8.92. The molecule has 0 saturated heterocycles. The Morgan fingerprint density at radius 3 is 2.32 bits per heavy atom. The second-order valence-electron chi connectivity index (χ2n) is 5.48. The Morgan fingerprint density at radius 1 is 1.00 bits per heavy atom. The minimum atomic E-state index is -0.222. The van der Waals surface area contributed by atoms with Gasteiger partial charge in [-0.1, -0.05) is 12.1 Å². The zero-order chi connectivity index (χ0) is 13.9. The summed E-state index contributed by atoms with van der Waals surface area (Å²) in [7, 11) is 0. The third-order valence-electron chi connectivity index (χ3n) is 2.67. The summed E-state index contributed by atoms with van der Waals surface area (Å²) < 4.78 is 5.79. The van der Waals surface area contributed by atoms with Crippen LogP contribution in [-0.2, 0) is 6.42 Å². The maximum atomic E-state index is 6.03. The molecule has 0 aliphatic rings. The number of nitrogen functional groups attached to an aromatic ring is 1. The van der Waals surface area contributed by atoms with Crippen LogP contribution in [0.1, 0.15) is 19.4 Å². The average molecular weight is 256 g/mol. The van der Waals surface area contributed by atoms with Gasteiger partial charge in [0.25, 0.3) is 0 Å². The second kappa shape index (κ2) is 5.33. The summed E-state index contributed by atoms with van der Waals surface area (Å²) in [6.45, 7) is 4.03. The first kappa shape index (κ1) is 13.4. The van der Waals surface area contributed by atoms with Gasteiger partial charge in [-0.15, -0.1) is 0 Å². The fraction of sp³-hybridized carbons (Fsp3) is 0.250. The lowest BCUT2D eigenvalue weighted by molar-refractivity contribution is 0.478. The van der Waals surface area contributed by atoms with Crippen molar-refractivity contribution >= 4 is 5.69 Å². The van der Waals surface area contributed by atoms with E-state index in [1.165, 1.54) is 5.56 Å². The molecule has 0 aliphatic carbocycles. The van der Waals surface area contributed by atoms with E-state index in [0.29, 0.717) is 0 Å². The Morgan fingerprint density at radius 2 is 1.68 bits per heavy atom. The Hall–Kier alpha value is -2.00. The van der Waals surface area contributed by atoms with Gasteiger partial charge in [0.05, 0.1) is 0 Å². The van der Waals surface area contributed by atoms with E-state index in [-0.39, 0.29) is 5.54 Å². The van der Waals surface area contributed by atoms with Crippen molar-refractivity contribution in [1.29, 1.82) is 0 Å². The fourth-order valence-corrected chi connectivity index (χ4v) is 1.92. The molecule has 0 spiro atoms. The minimum Gasteiger partial charge on any atom is -0.457 e. The van der Waals surface area contributed by atoms with Crippen LogP contribution in [0.5, 0.6) is 11.5 Å². The fourth-order valence-electron chi connectivity index (χ4n) is 1.92. The molecule has 0 amide bonds. The molecule has 0 radical (unpaired) electrons. The maximum absolute atomic E-state index is 6.03. The lowest BCUT2D eigenvalue weighted by atomic mass is 9.96. The van der Waals surface area contributed by atoms with Gasteiger partial charge in [-0.2, -0.15) is 0 Å². The van der Waals surface area contributed by atoms with Gasteiger partial charge >= 0.3 is 0 Å². The number of ether oxygens (including phenoxy) is 1. The number of anilines is 1. The summed E-state index contributed by atoms with van der Waals surface area (Å²) in [6, 6.07) is 15.3. The predicted molar refractivity (Wildman–Crippen MR) is 79.3 cm³/mol. The number of nitrogens with two attached hydrogens (primary N) is 2. The quantitative estimate of drug-likeness (QED) is 0.825. The van der Waals surface area contributed by atoms with Crippen LogP contribution >= 0.6 is 0 Å². The van der Waals surface area contributed by atoms with Gasteiger partial charge < -0.3 is 16.2 Å². The highest BCUT2D eigenvalue weighted by Gasteiger charge is 2.12. The summed E-state index contributed by atoms with van der Waals surface area (Å²) >= 11 is 0. The van der Waals surface area contributed by atoms with Crippen molar-refractivity contribution in [3.05, 3.63) is 54.1 Å². The molecule has 3 nitrogen and oxygen atoms in total. The van der Waals surface area contributed by atoms with Crippen LogP contribution in [0.15, 0.2) is 48.5 Å². The Kier molecular flexibility index (Phi) is 3.76. The number of hydrogen-bond donors (Lipinski definition) is 2. The van der Waals surface area contributed by atoms with Crippen molar-refractivity contribution in [3.8, 4) is 11.5 Å². The summed E-state index contributed by atoms with van der Waals surface area (Å²) in [6.07, 6.45) is 0.811. The molecule has 2 aromatic rings. The largest absolute Gasteiger partial charge is 0.457 e. The molecule has 100 valence electrons. The standard InChI is InChI=1S/C16H20N2O/c1-16(2,18)11-12-4-3-5-15(10-12)19-14-8-6-13(17)7-9-14/h3-10H,11,17-18H2,1-2H3. The van der Waals surface area contributed by atoms with Crippen molar-refractivity contribution in [3.63, 3.8) is 0 Å². The molecule has 0 unspecified atom stereocenters. The highest BCUT2D eigenvalue weighted by Crippen LogP contribution is 2.24. The van der Waals surface area contributed by atoms with Crippen molar-refractivity contribution in [1.82, 2.24) is 0 Å². The summed E-state index contributed by atoms with van der Waals surface area (Å²) in [5.41, 5.74) is 13.3. The average Bonchev–Trinajstić information content (AvgIpc) is 2.30. The SMILES string of the molecule is CC(C)(N)Cc1cccc(Oc2ccc(N)cc2)c1.